The molecule has 4 rings (SSSR count). The average molecular weight is 574 g/mol. The molecule has 0 spiro atoms. The lowest BCUT2D eigenvalue weighted by molar-refractivity contribution is 0.0192. The third-order valence-electron chi connectivity index (χ3n) is 6.14. The van der Waals surface area contributed by atoms with Crippen molar-refractivity contribution in [2.75, 3.05) is 25.0 Å². The number of fused-ring (bicyclic) bond motifs is 1. The van der Waals surface area contributed by atoms with Gasteiger partial charge in [-0.05, 0) is 93.8 Å². The minimum absolute atomic E-state index is 0.231. The Balaban J connectivity index is 1.38. The number of likely N-dealkylation sites (N-methyl/N-ethyl adjacent to an activating group) is 1. The topological polar surface area (TPSA) is 98.2 Å². The Morgan fingerprint density at radius 3 is 2.67 bits per heavy atom. The summed E-state index contributed by atoms with van der Waals surface area (Å²) in [7, 11) is 0. The van der Waals surface area contributed by atoms with Gasteiger partial charge in [-0.3, -0.25) is 0 Å². The van der Waals surface area contributed by atoms with Crippen LogP contribution in [0.25, 0.3) is 10.9 Å². The SMILES string of the molecule is CCN(CCO/N=C/c1ccc2ncnc(Nc3ccc(OCc4cccc(F)c4)c(C)c3)c2c1)C(=O)OC(C)(C)C. The van der Waals surface area contributed by atoms with Gasteiger partial charge in [0.05, 0.1) is 18.3 Å². The summed E-state index contributed by atoms with van der Waals surface area (Å²) in [6.07, 6.45) is 2.73. The van der Waals surface area contributed by atoms with E-state index in [0.29, 0.717) is 24.7 Å². The van der Waals surface area contributed by atoms with Crippen molar-refractivity contribution < 1.29 is 23.5 Å². The molecule has 1 amide bonds. The van der Waals surface area contributed by atoms with Crippen molar-refractivity contribution in [3.05, 3.63) is 89.5 Å². The number of hydrogen-bond donors (Lipinski definition) is 1. The fourth-order valence-corrected chi connectivity index (χ4v) is 4.07. The first kappa shape index (κ1) is 30.2. The van der Waals surface area contributed by atoms with Crippen LogP contribution in [0.15, 0.2) is 72.1 Å². The van der Waals surface area contributed by atoms with Gasteiger partial charge in [-0.25, -0.2) is 19.2 Å². The van der Waals surface area contributed by atoms with Crippen molar-refractivity contribution in [2.45, 2.75) is 46.8 Å². The first-order chi connectivity index (χ1) is 20.1. The van der Waals surface area contributed by atoms with Crippen LogP contribution in [0.1, 0.15) is 44.4 Å². The zero-order chi connectivity index (χ0) is 30.1. The highest BCUT2D eigenvalue weighted by molar-refractivity contribution is 5.95. The maximum Gasteiger partial charge on any atom is 0.410 e. The Morgan fingerprint density at radius 1 is 1.10 bits per heavy atom. The number of carbonyl (C=O) groups excluding carboxylic acids is 1. The molecule has 0 fully saturated rings. The van der Waals surface area contributed by atoms with Crippen LogP contribution in [0.3, 0.4) is 0 Å². The largest absolute Gasteiger partial charge is 0.489 e. The van der Waals surface area contributed by atoms with E-state index < -0.39 is 5.60 Å². The molecule has 0 saturated heterocycles. The van der Waals surface area contributed by atoms with Crippen LogP contribution in [-0.2, 0) is 16.2 Å². The first-order valence-electron chi connectivity index (χ1n) is 13.7. The van der Waals surface area contributed by atoms with Gasteiger partial charge in [-0.15, -0.1) is 0 Å². The molecular weight excluding hydrogens is 537 g/mol. The fourth-order valence-electron chi connectivity index (χ4n) is 4.07. The van der Waals surface area contributed by atoms with Gasteiger partial charge in [0.1, 0.15) is 42.5 Å². The first-order valence-corrected chi connectivity index (χ1v) is 13.7. The molecular formula is C32H36FN5O4. The molecule has 3 aromatic carbocycles. The van der Waals surface area contributed by atoms with Gasteiger partial charge < -0.3 is 24.5 Å². The Morgan fingerprint density at radius 2 is 1.93 bits per heavy atom. The number of nitrogens with zero attached hydrogens (tertiary/aromatic N) is 4. The predicted molar refractivity (Wildman–Crippen MR) is 162 cm³/mol. The molecule has 0 bridgehead atoms. The summed E-state index contributed by atoms with van der Waals surface area (Å²) in [6.45, 7) is 10.7. The molecule has 1 heterocycles. The smallest absolute Gasteiger partial charge is 0.410 e. The Bertz CT molecular complexity index is 1550. The van der Waals surface area contributed by atoms with E-state index in [2.05, 4.69) is 20.4 Å². The Hall–Kier alpha value is -4.73. The van der Waals surface area contributed by atoms with Crippen LogP contribution >= 0.6 is 0 Å². The fraction of sp³-hybridized carbons (Fsp3) is 0.312. The highest BCUT2D eigenvalue weighted by Gasteiger charge is 2.20. The van der Waals surface area contributed by atoms with Gasteiger partial charge in [-0.2, -0.15) is 0 Å². The zero-order valence-corrected chi connectivity index (χ0v) is 24.6. The predicted octanol–water partition coefficient (Wildman–Crippen LogP) is 7.01. The summed E-state index contributed by atoms with van der Waals surface area (Å²) in [5.41, 5.74) is 3.54. The van der Waals surface area contributed by atoms with Gasteiger partial charge in [-0.1, -0.05) is 23.4 Å². The Labute approximate surface area is 245 Å². The summed E-state index contributed by atoms with van der Waals surface area (Å²) in [6, 6.07) is 17.8. The molecule has 0 radical (unpaired) electrons. The second kappa shape index (κ2) is 13.8. The van der Waals surface area contributed by atoms with Crippen LogP contribution in [0, 0.1) is 12.7 Å². The van der Waals surface area contributed by atoms with Gasteiger partial charge in [0, 0.05) is 17.6 Å². The van der Waals surface area contributed by atoms with Crippen molar-refractivity contribution in [3.63, 3.8) is 0 Å². The van der Waals surface area contributed by atoms with Crippen molar-refractivity contribution in [3.8, 4) is 5.75 Å². The number of nitrogens with one attached hydrogen (secondary N) is 1. The minimum Gasteiger partial charge on any atom is -0.489 e. The summed E-state index contributed by atoms with van der Waals surface area (Å²) >= 11 is 0. The van der Waals surface area contributed by atoms with Crippen LogP contribution in [-0.4, -0.2) is 52.5 Å². The molecule has 42 heavy (non-hydrogen) atoms. The van der Waals surface area contributed by atoms with Gasteiger partial charge in [0.2, 0.25) is 0 Å². The summed E-state index contributed by atoms with van der Waals surface area (Å²) in [5.74, 6) is 1.06. The van der Waals surface area contributed by atoms with E-state index >= 15 is 0 Å². The number of anilines is 2. The van der Waals surface area contributed by atoms with Crippen molar-refractivity contribution in [2.24, 2.45) is 5.16 Å². The molecule has 9 nitrogen and oxygen atoms in total. The maximum absolute atomic E-state index is 13.5. The lowest BCUT2D eigenvalue weighted by Gasteiger charge is -2.26. The third-order valence-corrected chi connectivity index (χ3v) is 6.14. The van der Waals surface area contributed by atoms with E-state index in [-0.39, 0.29) is 25.1 Å². The van der Waals surface area contributed by atoms with E-state index in [4.69, 9.17) is 14.3 Å². The van der Waals surface area contributed by atoms with E-state index in [9.17, 15) is 9.18 Å². The number of rotatable bonds is 11. The lowest BCUT2D eigenvalue weighted by atomic mass is 10.1. The standard InChI is InChI=1S/C32H36FN5O4/c1-6-38(31(39)42-32(3,4)5)14-15-41-36-19-23-10-12-28-27(18-23)30(35-21-34-28)37-26-11-13-29(22(2)16-26)40-20-24-8-7-9-25(33)17-24/h7-13,16-19,21H,6,14-15,20H2,1-5H3,(H,34,35,37)/b36-19+. The second-order valence-electron chi connectivity index (χ2n) is 10.7. The number of halogens is 1. The second-order valence-corrected chi connectivity index (χ2v) is 10.7. The normalized spacial score (nSPS) is 11.5. The van der Waals surface area contributed by atoms with E-state index in [0.717, 1.165) is 33.3 Å². The van der Waals surface area contributed by atoms with E-state index in [1.54, 1.807) is 17.2 Å². The molecule has 0 aliphatic carbocycles. The molecule has 1 N–H and O–H groups in total. The third kappa shape index (κ3) is 8.63. The quantitative estimate of drug-likeness (QED) is 0.117. The highest BCUT2D eigenvalue weighted by Crippen LogP contribution is 2.28. The molecule has 4 aromatic rings. The number of hydrogen-bond acceptors (Lipinski definition) is 8. The lowest BCUT2D eigenvalue weighted by Crippen LogP contribution is -2.38. The number of oxime groups is 1. The Kier molecular flexibility index (Phi) is 9.90. The number of amides is 1. The van der Waals surface area contributed by atoms with Crippen LogP contribution < -0.4 is 10.1 Å². The molecule has 0 atom stereocenters. The number of ether oxygens (including phenoxy) is 2. The molecule has 0 aliphatic heterocycles. The molecule has 1 aromatic heterocycles. The highest BCUT2D eigenvalue weighted by atomic mass is 19.1. The molecule has 0 unspecified atom stereocenters. The number of aryl methyl sites for hydroxylation is 1. The van der Waals surface area contributed by atoms with Gasteiger partial charge in [0.15, 0.2) is 0 Å². The number of carbonyl (C=O) groups is 1. The minimum atomic E-state index is -0.556. The number of benzene rings is 3. The summed E-state index contributed by atoms with van der Waals surface area (Å²) in [4.78, 5) is 28.1. The van der Waals surface area contributed by atoms with Crippen LogP contribution in [0.2, 0.25) is 0 Å². The van der Waals surface area contributed by atoms with Crippen molar-refractivity contribution in [1.82, 2.24) is 14.9 Å². The monoisotopic (exact) mass is 573 g/mol. The summed E-state index contributed by atoms with van der Waals surface area (Å²) < 4.78 is 24.8. The van der Waals surface area contributed by atoms with Gasteiger partial charge >= 0.3 is 6.09 Å². The van der Waals surface area contributed by atoms with Crippen LogP contribution in [0.4, 0.5) is 20.7 Å². The maximum atomic E-state index is 13.5. The number of aromatic nitrogens is 2. The average Bonchev–Trinajstić information content (AvgIpc) is 2.94. The van der Waals surface area contributed by atoms with Crippen molar-refractivity contribution in [1.29, 1.82) is 0 Å². The van der Waals surface area contributed by atoms with Crippen LogP contribution in [0.5, 0.6) is 5.75 Å². The van der Waals surface area contributed by atoms with E-state index in [1.165, 1.54) is 18.5 Å². The molecule has 0 aliphatic rings. The zero-order valence-electron chi connectivity index (χ0n) is 24.6. The van der Waals surface area contributed by atoms with Crippen molar-refractivity contribution >= 4 is 34.7 Å². The molecule has 220 valence electrons. The molecule has 10 heteroatoms. The molecule has 0 saturated carbocycles. The van der Waals surface area contributed by atoms with E-state index in [1.807, 2.05) is 77.1 Å². The van der Waals surface area contributed by atoms with Gasteiger partial charge in [0.25, 0.3) is 0 Å². The summed E-state index contributed by atoms with van der Waals surface area (Å²) in [5, 5.41) is 8.24.